The van der Waals surface area contributed by atoms with Crippen molar-refractivity contribution in [1.29, 1.82) is 0 Å². The van der Waals surface area contributed by atoms with Gasteiger partial charge in [0, 0.05) is 5.56 Å². The number of carbonyl (C=O) groups is 2. The highest BCUT2D eigenvalue weighted by Gasteiger charge is 2.23. The summed E-state index contributed by atoms with van der Waals surface area (Å²) in [5.41, 5.74) is 6.85. The maximum absolute atomic E-state index is 13.9. The zero-order valence-corrected chi connectivity index (χ0v) is 23.7. The van der Waals surface area contributed by atoms with Gasteiger partial charge in [-0.05, 0) is 91.2 Å². The SMILES string of the molecule is Cc1ccc(OC(=O)c2ccc(C(=O)O)cc2-c2ccc(C)cc2-n2nc3ccccc3n2)c(-n2nc3ccccc3n2)c1. The van der Waals surface area contributed by atoms with E-state index in [9.17, 15) is 14.7 Å². The lowest BCUT2D eigenvalue weighted by Gasteiger charge is -2.15. The highest BCUT2D eigenvalue weighted by atomic mass is 16.5. The molecule has 0 unspecified atom stereocenters. The van der Waals surface area contributed by atoms with Crippen LogP contribution in [0.15, 0.2) is 103 Å². The van der Waals surface area contributed by atoms with Crippen LogP contribution in [0.4, 0.5) is 0 Å². The van der Waals surface area contributed by atoms with E-state index in [4.69, 9.17) is 4.74 Å². The molecule has 0 amide bonds. The molecular weight excluding hydrogens is 556 g/mol. The number of aryl methyl sites for hydroxylation is 2. The van der Waals surface area contributed by atoms with Gasteiger partial charge >= 0.3 is 11.9 Å². The maximum atomic E-state index is 13.9. The van der Waals surface area contributed by atoms with Gasteiger partial charge < -0.3 is 9.84 Å². The van der Waals surface area contributed by atoms with Gasteiger partial charge in [0.15, 0.2) is 5.75 Å². The molecule has 214 valence electrons. The van der Waals surface area contributed by atoms with Crippen molar-refractivity contribution >= 4 is 34.0 Å². The number of hydrogen-bond donors (Lipinski definition) is 1. The third kappa shape index (κ3) is 4.84. The summed E-state index contributed by atoms with van der Waals surface area (Å²) in [5, 5.41) is 28.2. The predicted molar refractivity (Wildman–Crippen MR) is 165 cm³/mol. The molecule has 0 saturated carbocycles. The van der Waals surface area contributed by atoms with Crippen molar-refractivity contribution in [2.75, 3.05) is 0 Å². The second-order valence-corrected chi connectivity index (χ2v) is 10.4. The number of aromatic nitrogens is 6. The van der Waals surface area contributed by atoms with E-state index < -0.39 is 11.9 Å². The first kappa shape index (κ1) is 26.7. The van der Waals surface area contributed by atoms with Gasteiger partial charge in [-0.1, -0.05) is 42.5 Å². The van der Waals surface area contributed by atoms with Crippen molar-refractivity contribution < 1.29 is 19.4 Å². The summed E-state index contributed by atoms with van der Waals surface area (Å²) >= 11 is 0. The molecule has 0 spiro atoms. The average Bonchev–Trinajstić information content (AvgIpc) is 3.66. The first-order valence-corrected chi connectivity index (χ1v) is 13.8. The summed E-state index contributed by atoms with van der Waals surface area (Å²) in [5.74, 6) is -1.55. The minimum atomic E-state index is -1.12. The Balaban J connectivity index is 1.35. The molecular formula is C34H24N6O4. The molecule has 7 rings (SSSR count). The van der Waals surface area contributed by atoms with E-state index in [-0.39, 0.29) is 16.9 Å². The molecule has 2 aromatic heterocycles. The number of aromatic carboxylic acids is 1. The van der Waals surface area contributed by atoms with Gasteiger partial charge in [0.25, 0.3) is 0 Å². The largest absolute Gasteiger partial charge is 0.478 e. The summed E-state index contributed by atoms with van der Waals surface area (Å²) in [6, 6.07) is 30.2. The fraction of sp³-hybridized carbons (Fsp3) is 0.0588. The molecule has 0 fully saturated rings. The third-order valence-corrected chi connectivity index (χ3v) is 7.25. The summed E-state index contributed by atoms with van der Waals surface area (Å²) in [6.45, 7) is 3.86. The third-order valence-electron chi connectivity index (χ3n) is 7.25. The van der Waals surface area contributed by atoms with Gasteiger partial charge in [0.2, 0.25) is 0 Å². The molecule has 7 aromatic rings. The molecule has 0 saturated heterocycles. The van der Waals surface area contributed by atoms with Crippen molar-refractivity contribution in [3.8, 4) is 28.3 Å². The van der Waals surface area contributed by atoms with Crippen LogP contribution in [0, 0.1) is 13.8 Å². The van der Waals surface area contributed by atoms with Crippen LogP contribution in [0.5, 0.6) is 5.75 Å². The Labute approximate surface area is 250 Å². The quantitative estimate of drug-likeness (QED) is 0.178. The number of fused-ring (bicyclic) bond motifs is 2. The lowest BCUT2D eigenvalue weighted by Crippen LogP contribution is -2.14. The number of esters is 1. The molecule has 0 radical (unpaired) electrons. The molecule has 0 aliphatic rings. The topological polar surface area (TPSA) is 125 Å². The highest BCUT2D eigenvalue weighted by molar-refractivity contribution is 6.02. The lowest BCUT2D eigenvalue weighted by atomic mass is 9.95. The number of benzene rings is 5. The number of nitrogens with zero attached hydrogens (tertiary/aromatic N) is 6. The molecule has 5 aromatic carbocycles. The van der Waals surface area contributed by atoms with Crippen molar-refractivity contribution in [3.05, 3.63) is 125 Å². The fourth-order valence-corrected chi connectivity index (χ4v) is 5.07. The van der Waals surface area contributed by atoms with E-state index in [1.165, 1.54) is 27.8 Å². The molecule has 0 aliphatic carbocycles. The lowest BCUT2D eigenvalue weighted by molar-refractivity contribution is 0.0692. The van der Waals surface area contributed by atoms with E-state index in [1.54, 1.807) is 6.07 Å². The Bertz CT molecular complexity index is 2180. The first-order valence-electron chi connectivity index (χ1n) is 13.8. The zero-order valence-electron chi connectivity index (χ0n) is 23.7. The van der Waals surface area contributed by atoms with Crippen LogP contribution in [0.3, 0.4) is 0 Å². The first-order chi connectivity index (χ1) is 21.3. The van der Waals surface area contributed by atoms with Gasteiger partial charge in [-0.2, -0.15) is 0 Å². The van der Waals surface area contributed by atoms with Crippen molar-refractivity contribution in [2.24, 2.45) is 0 Å². The van der Waals surface area contributed by atoms with E-state index in [1.807, 2.05) is 92.7 Å². The van der Waals surface area contributed by atoms with Gasteiger partial charge in [0.1, 0.15) is 27.8 Å². The predicted octanol–water partition coefficient (Wildman–Crippen LogP) is 6.36. The molecule has 44 heavy (non-hydrogen) atoms. The van der Waals surface area contributed by atoms with Gasteiger partial charge in [-0.3, -0.25) is 0 Å². The van der Waals surface area contributed by atoms with Crippen LogP contribution in [-0.4, -0.2) is 47.0 Å². The number of hydrogen-bond acceptors (Lipinski definition) is 7. The van der Waals surface area contributed by atoms with Crippen LogP contribution in [0.25, 0.3) is 44.6 Å². The monoisotopic (exact) mass is 580 g/mol. The molecule has 0 bridgehead atoms. The summed E-state index contributed by atoms with van der Waals surface area (Å²) < 4.78 is 5.99. The highest BCUT2D eigenvalue weighted by Crippen LogP contribution is 2.33. The summed E-state index contributed by atoms with van der Waals surface area (Å²) in [7, 11) is 0. The number of carbonyl (C=O) groups excluding carboxylic acids is 1. The van der Waals surface area contributed by atoms with E-state index in [0.29, 0.717) is 44.6 Å². The molecule has 0 atom stereocenters. The normalized spacial score (nSPS) is 11.2. The van der Waals surface area contributed by atoms with Crippen LogP contribution in [0.1, 0.15) is 31.8 Å². The molecule has 2 heterocycles. The summed E-state index contributed by atoms with van der Waals surface area (Å²) in [6.07, 6.45) is 0. The average molecular weight is 581 g/mol. The van der Waals surface area contributed by atoms with Crippen LogP contribution in [-0.2, 0) is 0 Å². The van der Waals surface area contributed by atoms with Crippen molar-refractivity contribution in [1.82, 2.24) is 30.0 Å². The molecule has 1 N–H and O–H groups in total. The van der Waals surface area contributed by atoms with Gasteiger partial charge in [-0.15, -0.1) is 30.0 Å². The fourth-order valence-electron chi connectivity index (χ4n) is 5.07. The standard InChI is InChI=1S/C34H24N6O4/c1-20-11-14-23(30(17-20)39-35-26-7-3-4-8-27(26)36-39)25-19-22(33(41)42)13-15-24(25)34(43)44-32-16-12-21(2)18-31(32)40-37-28-9-5-6-10-29(28)38-40/h3-19H,1-2H3,(H,41,42). The van der Waals surface area contributed by atoms with Crippen LogP contribution in [0.2, 0.25) is 0 Å². The van der Waals surface area contributed by atoms with E-state index >= 15 is 0 Å². The maximum Gasteiger partial charge on any atom is 0.344 e. The number of carboxylic acids is 1. The Kier molecular flexibility index (Phi) is 6.43. The van der Waals surface area contributed by atoms with Crippen LogP contribution >= 0.6 is 0 Å². The smallest absolute Gasteiger partial charge is 0.344 e. The second-order valence-electron chi connectivity index (χ2n) is 10.4. The second kappa shape index (κ2) is 10.6. The zero-order chi connectivity index (χ0) is 30.4. The van der Waals surface area contributed by atoms with Gasteiger partial charge in [-0.25, -0.2) is 9.59 Å². The minimum absolute atomic E-state index is 0.0186. The van der Waals surface area contributed by atoms with Crippen molar-refractivity contribution in [2.45, 2.75) is 13.8 Å². The Morgan fingerprint density at radius 1 is 0.614 bits per heavy atom. The number of ether oxygens (including phenoxy) is 1. The summed E-state index contributed by atoms with van der Waals surface area (Å²) in [4.78, 5) is 28.9. The Hall–Kier alpha value is -6.16. The van der Waals surface area contributed by atoms with E-state index in [2.05, 4.69) is 20.4 Å². The number of rotatable bonds is 6. The van der Waals surface area contributed by atoms with Crippen molar-refractivity contribution in [3.63, 3.8) is 0 Å². The number of carboxylic acid groups (broad SMARTS) is 1. The molecule has 10 nitrogen and oxygen atoms in total. The van der Waals surface area contributed by atoms with Gasteiger partial charge in [0.05, 0.1) is 16.8 Å². The minimum Gasteiger partial charge on any atom is -0.478 e. The van der Waals surface area contributed by atoms with Crippen LogP contribution < -0.4 is 4.74 Å². The molecule has 10 heteroatoms. The molecule has 0 aliphatic heterocycles. The Morgan fingerprint density at radius 3 is 1.70 bits per heavy atom. The van der Waals surface area contributed by atoms with E-state index in [0.717, 1.165) is 11.1 Å². The Morgan fingerprint density at radius 2 is 1.14 bits per heavy atom.